The molecule has 8 heteroatoms. The number of benzene rings is 1. The summed E-state index contributed by atoms with van der Waals surface area (Å²) in [6.45, 7) is 1.82. The molecule has 0 radical (unpaired) electrons. The smallest absolute Gasteiger partial charge is 0.194 e. The summed E-state index contributed by atoms with van der Waals surface area (Å²) in [6, 6.07) is 9.67. The first-order chi connectivity index (χ1) is 8.65. The third-order valence-electron chi connectivity index (χ3n) is 2.10. The maximum atomic E-state index is 5.24. The van der Waals surface area contributed by atoms with E-state index >= 15 is 0 Å². The third-order valence-corrected chi connectivity index (χ3v) is 3.18. The van der Waals surface area contributed by atoms with Gasteiger partial charge in [0.15, 0.2) is 5.82 Å². The van der Waals surface area contributed by atoms with Gasteiger partial charge in [-0.15, -0.1) is 0 Å². The van der Waals surface area contributed by atoms with Crippen LogP contribution in [0, 0.1) is 6.92 Å². The van der Waals surface area contributed by atoms with Crippen LogP contribution in [-0.4, -0.2) is 12.2 Å². The van der Waals surface area contributed by atoms with Crippen molar-refractivity contribution in [1.82, 2.24) is 5.16 Å². The molecule has 0 amide bonds. The third kappa shape index (κ3) is 4.98. The lowest BCUT2D eigenvalue weighted by molar-refractivity contribution is 0.389. The van der Waals surface area contributed by atoms with E-state index < -0.39 is 0 Å². The van der Waals surface area contributed by atoms with Gasteiger partial charge in [0.1, 0.15) is 18.0 Å². The van der Waals surface area contributed by atoms with Crippen molar-refractivity contribution in [3.05, 3.63) is 40.6 Å². The van der Waals surface area contributed by atoms with Gasteiger partial charge in [0.25, 0.3) is 0 Å². The average Bonchev–Trinajstić information content (AvgIpc) is 2.75. The summed E-state index contributed by atoms with van der Waals surface area (Å²) in [6.07, 6.45) is 0. The van der Waals surface area contributed by atoms with E-state index in [1.807, 2.05) is 42.5 Å². The fraction of sp³-hybridized carbons (Fsp3) is 0.182. The molecule has 0 aliphatic rings. The van der Waals surface area contributed by atoms with Crippen LogP contribution in [-0.2, 0) is 4.28 Å². The van der Waals surface area contributed by atoms with Crippen molar-refractivity contribution >= 4 is 53.2 Å². The first kappa shape index (κ1) is 16.2. The van der Waals surface area contributed by atoms with Crippen LogP contribution in [0.3, 0.4) is 0 Å². The Morgan fingerprint density at radius 2 is 2.21 bits per heavy atom. The lowest BCUT2D eigenvalue weighted by atomic mass is 10.3. The molecule has 0 spiro atoms. The molecule has 1 N–H and O–H groups in total. The Balaban J connectivity index is 0.00000180. The Hall–Kier alpha value is -0.830. The Morgan fingerprint density at radius 1 is 1.42 bits per heavy atom. The molecule has 0 unspecified atom stereocenters. The van der Waals surface area contributed by atoms with Crippen LogP contribution in [0.15, 0.2) is 39.3 Å². The van der Waals surface area contributed by atoms with Crippen molar-refractivity contribution in [2.45, 2.75) is 6.92 Å². The van der Waals surface area contributed by atoms with Crippen LogP contribution >= 0.6 is 41.7 Å². The van der Waals surface area contributed by atoms with Gasteiger partial charge in [-0.2, -0.15) is 17.8 Å². The molecular weight excluding hydrogens is 350 g/mol. The van der Waals surface area contributed by atoms with Gasteiger partial charge in [-0.1, -0.05) is 27.2 Å². The number of hydrogen-bond acceptors (Lipinski definition) is 6. The van der Waals surface area contributed by atoms with Gasteiger partial charge in [0.2, 0.25) is 0 Å². The highest BCUT2D eigenvalue weighted by atomic mass is 79.9. The second-order valence-corrected chi connectivity index (χ2v) is 5.34. The van der Waals surface area contributed by atoms with Crippen LogP contribution in [0.4, 0.5) is 11.5 Å². The summed E-state index contributed by atoms with van der Waals surface area (Å²) < 4.78 is 13.0. The van der Waals surface area contributed by atoms with Crippen LogP contribution in [0.2, 0.25) is 0 Å². The maximum absolute atomic E-state index is 5.24. The second kappa shape index (κ2) is 7.68. The summed E-state index contributed by atoms with van der Waals surface area (Å²) >= 11 is 4.59. The number of hydrogen-bond donors (Lipinski definition) is 1. The highest BCUT2D eigenvalue weighted by Crippen LogP contribution is 2.24. The van der Waals surface area contributed by atoms with E-state index in [0.717, 1.165) is 28.1 Å². The molecule has 0 aliphatic carbocycles. The van der Waals surface area contributed by atoms with Gasteiger partial charge < -0.3 is 4.52 Å². The lowest BCUT2D eigenvalue weighted by Crippen LogP contribution is -2.09. The number of halogens is 1. The van der Waals surface area contributed by atoms with Crippen LogP contribution in [0.1, 0.15) is 5.76 Å². The van der Waals surface area contributed by atoms with Gasteiger partial charge >= 0.3 is 0 Å². The SMILES string of the molecule is Cc1cc(NOSN(C)c2cccc(Br)c2)no1.S. The zero-order chi connectivity index (χ0) is 13.0. The number of nitrogens with one attached hydrogen (secondary N) is 1. The van der Waals surface area contributed by atoms with E-state index in [4.69, 9.17) is 8.81 Å². The molecule has 2 rings (SSSR count). The summed E-state index contributed by atoms with van der Waals surface area (Å²) in [5.41, 5.74) is 3.71. The van der Waals surface area contributed by atoms with E-state index in [2.05, 4.69) is 26.6 Å². The summed E-state index contributed by atoms with van der Waals surface area (Å²) in [5, 5.41) is 3.75. The Kier molecular flexibility index (Phi) is 6.56. The van der Waals surface area contributed by atoms with Crippen molar-refractivity contribution in [2.75, 3.05) is 16.8 Å². The summed E-state index contributed by atoms with van der Waals surface area (Å²) in [5.74, 6) is 1.27. The zero-order valence-electron chi connectivity index (χ0n) is 10.4. The van der Waals surface area contributed by atoms with Crippen molar-refractivity contribution in [2.24, 2.45) is 0 Å². The fourth-order valence-electron chi connectivity index (χ4n) is 1.25. The minimum atomic E-state index is 0. The fourth-order valence-corrected chi connectivity index (χ4v) is 2.07. The van der Waals surface area contributed by atoms with E-state index in [0.29, 0.717) is 5.82 Å². The monoisotopic (exact) mass is 363 g/mol. The average molecular weight is 364 g/mol. The molecule has 0 saturated heterocycles. The van der Waals surface area contributed by atoms with Gasteiger partial charge in [0.05, 0.1) is 0 Å². The molecule has 1 aromatic heterocycles. The standard InChI is InChI=1S/C11H12BrN3O2S.H2S/c1-8-6-11(13-16-8)14-17-18-15(2)10-5-3-4-9(12)7-10;/h3-7H,1-2H3,(H,13,14);1H2. The maximum Gasteiger partial charge on any atom is 0.194 e. The zero-order valence-corrected chi connectivity index (χ0v) is 13.8. The van der Waals surface area contributed by atoms with E-state index in [1.165, 1.54) is 0 Å². The number of rotatable bonds is 5. The predicted molar refractivity (Wildman–Crippen MR) is 86.5 cm³/mol. The van der Waals surface area contributed by atoms with Crippen molar-refractivity contribution < 1.29 is 8.81 Å². The Bertz CT molecular complexity index is 524. The van der Waals surface area contributed by atoms with Gasteiger partial charge in [-0.3, -0.25) is 4.31 Å². The number of aromatic nitrogens is 1. The van der Waals surface area contributed by atoms with Gasteiger partial charge in [-0.25, -0.2) is 5.48 Å². The number of nitrogens with zero attached hydrogens (tertiary/aromatic N) is 2. The van der Waals surface area contributed by atoms with Crippen molar-refractivity contribution in [3.63, 3.8) is 0 Å². The van der Waals surface area contributed by atoms with Crippen LogP contribution in [0.5, 0.6) is 0 Å². The van der Waals surface area contributed by atoms with E-state index in [1.54, 1.807) is 6.07 Å². The van der Waals surface area contributed by atoms with Crippen molar-refractivity contribution in [3.8, 4) is 0 Å². The van der Waals surface area contributed by atoms with Crippen molar-refractivity contribution in [1.29, 1.82) is 0 Å². The molecule has 104 valence electrons. The first-order valence-corrected chi connectivity index (χ1v) is 6.66. The van der Waals surface area contributed by atoms with E-state index in [-0.39, 0.29) is 13.5 Å². The van der Waals surface area contributed by atoms with Gasteiger partial charge in [-0.05, 0) is 25.1 Å². The number of aryl methyl sites for hydroxylation is 1. The molecule has 1 heterocycles. The highest BCUT2D eigenvalue weighted by molar-refractivity contribution is 9.10. The molecule has 0 fully saturated rings. The predicted octanol–water partition coefficient (Wildman–Crippen LogP) is 3.90. The summed E-state index contributed by atoms with van der Waals surface area (Å²) in [7, 11) is 1.90. The van der Waals surface area contributed by atoms with Crippen LogP contribution < -0.4 is 9.79 Å². The minimum Gasteiger partial charge on any atom is -0.359 e. The molecule has 5 nitrogen and oxygen atoms in total. The molecule has 2 aromatic rings. The highest BCUT2D eigenvalue weighted by Gasteiger charge is 2.04. The topological polar surface area (TPSA) is 50.5 Å². The lowest BCUT2D eigenvalue weighted by Gasteiger charge is -2.16. The van der Waals surface area contributed by atoms with E-state index in [9.17, 15) is 0 Å². The molecule has 0 aliphatic heterocycles. The Morgan fingerprint density at radius 3 is 2.84 bits per heavy atom. The molecule has 0 atom stereocenters. The molecule has 0 bridgehead atoms. The number of anilines is 2. The molecular formula is C11H14BrN3O2S2. The quantitative estimate of drug-likeness (QED) is 0.493. The normalized spacial score (nSPS) is 9.84. The summed E-state index contributed by atoms with van der Waals surface area (Å²) in [4.78, 5) is 0. The minimum absolute atomic E-state index is 0. The molecule has 19 heavy (non-hydrogen) atoms. The molecule has 1 aromatic carbocycles. The van der Waals surface area contributed by atoms with Crippen LogP contribution in [0.25, 0.3) is 0 Å². The molecule has 0 saturated carbocycles. The largest absolute Gasteiger partial charge is 0.359 e. The first-order valence-electron chi connectivity index (χ1n) is 5.17. The van der Waals surface area contributed by atoms with Gasteiger partial charge in [0, 0.05) is 23.3 Å². The Labute approximate surface area is 131 Å². The second-order valence-electron chi connectivity index (χ2n) is 3.56.